The van der Waals surface area contributed by atoms with Crippen LogP contribution in [0.4, 0.5) is 8.78 Å². The van der Waals surface area contributed by atoms with Gasteiger partial charge in [0.1, 0.15) is 11.0 Å². The zero-order valence-corrected chi connectivity index (χ0v) is 21.7. The molecule has 4 rings (SSSR count). The number of hydrogen-bond acceptors (Lipinski definition) is 10. The number of carboxylic acid groups (broad SMARTS) is 1. The molecule has 37 heavy (non-hydrogen) atoms. The van der Waals surface area contributed by atoms with E-state index < -0.39 is 23.4 Å². The number of carbonyl (C=O) groups excluding carboxylic acids is 1. The zero-order chi connectivity index (χ0) is 26.7. The fourth-order valence-electron chi connectivity index (χ4n) is 3.51. The van der Waals surface area contributed by atoms with Crippen LogP contribution in [0, 0.1) is 18.6 Å². The van der Waals surface area contributed by atoms with Gasteiger partial charge in [0, 0.05) is 25.0 Å². The second-order valence-corrected chi connectivity index (χ2v) is 10.0. The van der Waals surface area contributed by atoms with E-state index in [9.17, 15) is 14.0 Å². The Morgan fingerprint density at radius 3 is 1.97 bits per heavy atom. The van der Waals surface area contributed by atoms with Crippen LogP contribution < -0.4 is 18.9 Å². The van der Waals surface area contributed by atoms with Crippen LogP contribution >= 0.6 is 22.7 Å². The van der Waals surface area contributed by atoms with Crippen LogP contribution in [0.2, 0.25) is 0 Å². The summed E-state index contributed by atoms with van der Waals surface area (Å²) in [6, 6.07) is 3.17. The molecule has 9 nitrogen and oxygen atoms in total. The minimum absolute atomic E-state index is 0.00556. The van der Waals surface area contributed by atoms with E-state index in [1.807, 2.05) is 0 Å². The summed E-state index contributed by atoms with van der Waals surface area (Å²) in [5.74, 6) is -2.92. The van der Waals surface area contributed by atoms with Crippen LogP contribution in [-0.2, 0) is 4.79 Å². The lowest BCUT2D eigenvalue weighted by molar-refractivity contribution is -0.136. The Kier molecular flexibility index (Phi) is 8.03. The van der Waals surface area contributed by atoms with Gasteiger partial charge in [0.25, 0.3) is 0 Å². The Balaban J connectivity index is 1.44. The summed E-state index contributed by atoms with van der Waals surface area (Å²) in [7, 11) is 2.77. The molecule has 0 saturated carbocycles. The Bertz CT molecular complexity index is 1490. The van der Waals surface area contributed by atoms with Gasteiger partial charge < -0.3 is 24.1 Å². The molecular weight excluding hydrogens is 530 g/mol. The lowest BCUT2D eigenvalue weighted by Crippen LogP contribution is -2.08. The molecule has 13 heteroatoms. The smallest absolute Gasteiger partial charge is 0.303 e. The number of thiazole rings is 2. The molecule has 0 aliphatic heterocycles. The first-order valence-electron chi connectivity index (χ1n) is 11.0. The molecule has 0 fully saturated rings. The third-order valence-electron chi connectivity index (χ3n) is 5.23. The topological polar surface area (TPSA) is 117 Å². The number of carbonyl (C=O) groups is 2. The lowest BCUT2D eigenvalue weighted by Gasteiger charge is -2.14. The number of Topliss-reactive ketones (excluding diaryl/α,β-unsaturated/α-hetero) is 1. The maximum Gasteiger partial charge on any atom is 0.303 e. The van der Waals surface area contributed by atoms with Gasteiger partial charge in [0.2, 0.25) is 0 Å². The summed E-state index contributed by atoms with van der Waals surface area (Å²) >= 11 is 2.29. The number of fused-ring (bicyclic) bond motifs is 2. The number of ketones is 1. The number of aliphatic carboxylic acids is 1. The minimum atomic E-state index is -1.11. The number of rotatable bonds is 12. The summed E-state index contributed by atoms with van der Waals surface area (Å²) in [6.45, 7) is 1.84. The van der Waals surface area contributed by atoms with Crippen molar-refractivity contribution < 1.29 is 42.4 Å². The van der Waals surface area contributed by atoms with E-state index in [-0.39, 0.29) is 71.5 Å². The molecule has 0 amide bonds. The first kappa shape index (κ1) is 26.5. The largest absolute Gasteiger partial charge is 0.493 e. The highest BCUT2D eigenvalue weighted by Gasteiger charge is 2.22. The van der Waals surface area contributed by atoms with E-state index in [2.05, 4.69) is 9.97 Å². The van der Waals surface area contributed by atoms with Crippen LogP contribution in [0.5, 0.6) is 23.0 Å². The summed E-state index contributed by atoms with van der Waals surface area (Å²) in [4.78, 5) is 31.2. The normalized spacial score (nSPS) is 11.2. The van der Waals surface area contributed by atoms with Gasteiger partial charge in [-0.2, -0.15) is 0 Å². The second-order valence-electron chi connectivity index (χ2n) is 7.76. The molecule has 0 spiro atoms. The first-order chi connectivity index (χ1) is 17.7. The number of nitrogens with zero attached hydrogens (tertiary/aromatic N) is 2. The van der Waals surface area contributed by atoms with Crippen molar-refractivity contribution >= 4 is 54.9 Å². The molecule has 196 valence electrons. The fraction of sp³-hybridized carbons (Fsp3) is 0.333. The standard InChI is InChI=1S/C24H22F2N2O7S2/c1-11-27-20-15(36-11)9-13(32-2)22(18(20)25)34-7-4-8-35-23-14(33-3)10-16-21(19(23)26)28-24(37-16)12(29)5-6-17(30)31/h9-10H,4-8H2,1-3H3,(H,30,31). The Morgan fingerprint density at radius 1 is 0.892 bits per heavy atom. The maximum atomic E-state index is 15.2. The van der Waals surface area contributed by atoms with Gasteiger partial charge >= 0.3 is 5.97 Å². The van der Waals surface area contributed by atoms with Crippen LogP contribution in [0.25, 0.3) is 20.4 Å². The number of ether oxygens (including phenoxy) is 4. The van der Waals surface area contributed by atoms with E-state index in [0.29, 0.717) is 14.4 Å². The average Bonchev–Trinajstić information content (AvgIpc) is 3.47. The average molecular weight is 553 g/mol. The number of aromatic nitrogens is 2. The number of aryl methyl sites for hydroxylation is 1. The van der Waals surface area contributed by atoms with Crippen molar-refractivity contribution in [2.75, 3.05) is 27.4 Å². The van der Waals surface area contributed by atoms with Gasteiger partial charge in [0.15, 0.2) is 45.4 Å². The Labute approximate surface area is 217 Å². The predicted molar refractivity (Wildman–Crippen MR) is 134 cm³/mol. The van der Waals surface area contributed by atoms with Crippen molar-refractivity contribution in [3.05, 3.63) is 33.8 Å². The predicted octanol–water partition coefficient (Wildman–Crippen LogP) is 5.41. The van der Waals surface area contributed by atoms with Crippen molar-refractivity contribution in [3.63, 3.8) is 0 Å². The van der Waals surface area contributed by atoms with Gasteiger partial charge in [-0.3, -0.25) is 9.59 Å². The molecule has 2 aromatic heterocycles. The Hall–Kier alpha value is -3.58. The second kappa shape index (κ2) is 11.2. The number of halogens is 2. The third-order valence-corrected chi connectivity index (χ3v) is 7.19. The van der Waals surface area contributed by atoms with Crippen LogP contribution in [0.1, 0.15) is 34.1 Å². The summed E-state index contributed by atoms with van der Waals surface area (Å²) < 4.78 is 52.9. The van der Waals surface area contributed by atoms with Crippen molar-refractivity contribution in [1.29, 1.82) is 0 Å². The fourth-order valence-corrected chi connectivity index (χ4v) is 5.32. The zero-order valence-electron chi connectivity index (χ0n) is 20.1. The Morgan fingerprint density at radius 2 is 1.43 bits per heavy atom. The van der Waals surface area contributed by atoms with Crippen LogP contribution in [0.15, 0.2) is 12.1 Å². The molecule has 0 unspecified atom stereocenters. The van der Waals surface area contributed by atoms with E-state index >= 15 is 4.39 Å². The van der Waals surface area contributed by atoms with Gasteiger partial charge in [-0.25, -0.2) is 18.7 Å². The maximum absolute atomic E-state index is 15.2. The van der Waals surface area contributed by atoms with E-state index in [1.165, 1.54) is 31.6 Å². The third kappa shape index (κ3) is 5.57. The van der Waals surface area contributed by atoms with Gasteiger partial charge in [-0.05, 0) is 6.92 Å². The molecule has 2 aromatic carbocycles. The quantitative estimate of drug-likeness (QED) is 0.182. The summed E-state index contributed by atoms with van der Waals surface area (Å²) in [5.41, 5.74) is 0.133. The summed E-state index contributed by atoms with van der Waals surface area (Å²) in [6.07, 6.45) is -0.310. The van der Waals surface area contributed by atoms with E-state index in [1.54, 1.807) is 13.0 Å². The minimum Gasteiger partial charge on any atom is -0.493 e. The molecule has 0 aliphatic rings. The highest BCUT2D eigenvalue weighted by atomic mass is 32.1. The van der Waals surface area contributed by atoms with Crippen molar-refractivity contribution in [2.24, 2.45) is 0 Å². The monoisotopic (exact) mass is 552 g/mol. The summed E-state index contributed by atoms with van der Waals surface area (Å²) in [5, 5.41) is 9.49. The molecule has 1 N–H and O–H groups in total. The number of carboxylic acids is 1. The van der Waals surface area contributed by atoms with Gasteiger partial charge in [-0.1, -0.05) is 0 Å². The number of methoxy groups -OCH3 is 2. The first-order valence-corrected chi connectivity index (χ1v) is 12.7. The molecule has 0 atom stereocenters. The van der Waals surface area contributed by atoms with Crippen LogP contribution in [0.3, 0.4) is 0 Å². The van der Waals surface area contributed by atoms with Gasteiger partial charge in [0.05, 0.1) is 48.3 Å². The molecule has 0 saturated heterocycles. The molecule has 0 bridgehead atoms. The SMILES string of the molecule is COc1cc2sc(C)nc2c(F)c1OCCCOc1c(OC)cc2sc(C(=O)CCC(=O)O)nc2c1F. The van der Waals surface area contributed by atoms with Crippen LogP contribution in [-0.4, -0.2) is 54.3 Å². The van der Waals surface area contributed by atoms with Crippen molar-refractivity contribution in [2.45, 2.75) is 26.2 Å². The number of hydrogen-bond donors (Lipinski definition) is 1. The highest BCUT2D eigenvalue weighted by Crippen LogP contribution is 2.40. The van der Waals surface area contributed by atoms with E-state index in [0.717, 1.165) is 11.3 Å². The van der Waals surface area contributed by atoms with E-state index in [4.69, 9.17) is 24.1 Å². The van der Waals surface area contributed by atoms with Crippen molar-refractivity contribution in [3.8, 4) is 23.0 Å². The molecular formula is C24H22F2N2O7S2. The lowest BCUT2D eigenvalue weighted by atomic mass is 10.2. The van der Waals surface area contributed by atoms with Gasteiger partial charge in [-0.15, -0.1) is 22.7 Å². The number of benzene rings is 2. The van der Waals surface area contributed by atoms with Crippen molar-refractivity contribution in [1.82, 2.24) is 9.97 Å². The molecule has 4 aromatic rings. The molecule has 0 aliphatic carbocycles. The highest BCUT2D eigenvalue weighted by molar-refractivity contribution is 7.20. The molecule has 2 heterocycles. The molecule has 0 radical (unpaired) electrons.